The number of nitrogens with zero attached hydrogens (tertiary/aromatic N) is 6. The molecule has 2 saturated heterocycles. The number of carboxylic acid groups (broad SMARTS) is 1. The van der Waals surface area contributed by atoms with Crippen LogP contribution >= 0.6 is 0 Å². The first-order valence-corrected chi connectivity index (χ1v) is 24.4. The van der Waals surface area contributed by atoms with Gasteiger partial charge < -0.3 is 29.1 Å². The molecular formula is C52H66N6O8. The number of hydrogen-bond donors (Lipinski definition) is 1. The van der Waals surface area contributed by atoms with E-state index in [4.69, 9.17) is 19.3 Å². The molecule has 4 saturated carbocycles. The number of ether oxygens (including phenoxy) is 3. The summed E-state index contributed by atoms with van der Waals surface area (Å²) >= 11 is 0. The molecule has 66 heavy (non-hydrogen) atoms. The third-order valence-corrected chi connectivity index (χ3v) is 14.9. The SMILES string of the molecule is CC(C)(C)OC(=O)c1ccn(C(=O)N2C[C@H]3CC(OCc4cccc(C5CCCC5)c4)C[C@H]3C2)n1.O=C(O)c1ccn(C(=O)N2C[C@H]3CC(OCc4cccc(C5CCCC5)c4)C[C@H]3C2)n1. The molecule has 1 N–H and O–H groups in total. The number of fused-ring (bicyclic) bond motifs is 2. The van der Waals surface area contributed by atoms with Gasteiger partial charge >= 0.3 is 24.0 Å². The van der Waals surface area contributed by atoms with Crippen LogP contribution in [0.25, 0.3) is 0 Å². The molecule has 2 aliphatic heterocycles. The number of carbonyl (C=O) groups is 4. The number of likely N-dealkylation sites (tertiary alicyclic amines) is 2. The Balaban J connectivity index is 0.000000167. The average molecular weight is 903 g/mol. The van der Waals surface area contributed by atoms with E-state index in [1.807, 2.05) is 4.90 Å². The van der Waals surface area contributed by atoms with Crippen LogP contribution in [0.4, 0.5) is 9.59 Å². The second-order valence-corrected chi connectivity index (χ2v) is 20.8. The molecule has 352 valence electrons. The van der Waals surface area contributed by atoms with E-state index in [-0.39, 0.29) is 35.7 Å². The van der Waals surface area contributed by atoms with Crippen molar-refractivity contribution in [2.45, 2.75) is 141 Å². The Bertz CT molecular complexity index is 2330. The van der Waals surface area contributed by atoms with Crippen molar-refractivity contribution in [2.75, 3.05) is 26.2 Å². The highest BCUT2D eigenvalue weighted by Crippen LogP contribution is 2.42. The van der Waals surface area contributed by atoms with E-state index >= 15 is 0 Å². The van der Waals surface area contributed by atoms with Crippen LogP contribution in [-0.2, 0) is 27.4 Å². The van der Waals surface area contributed by atoms with Crippen molar-refractivity contribution in [1.29, 1.82) is 0 Å². The topological polar surface area (TPSA) is 158 Å². The molecule has 14 heteroatoms. The van der Waals surface area contributed by atoms with Gasteiger partial charge in [-0.25, -0.2) is 19.2 Å². The molecule has 4 heterocycles. The van der Waals surface area contributed by atoms with Crippen molar-refractivity contribution in [3.8, 4) is 0 Å². The van der Waals surface area contributed by atoms with Gasteiger partial charge in [0.2, 0.25) is 0 Å². The maximum Gasteiger partial charge on any atom is 0.359 e. The molecule has 6 atom stereocenters. The third kappa shape index (κ3) is 10.9. The summed E-state index contributed by atoms with van der Waals surface area (Å²) in [5.74, 6) is 1.58. The van der Waals surface area contributed by atoms with Crippen LogP contribution in [-0.4, -0.2) is 102 Å². The summed E-state index contributed by atoms with van der Waals surface area (Å²) in [6.45, 7) is 9.52. The summed E-state index contributed by atoms with van der Waals surface area (Å²) in [4.78, 5) is 52.5. The predicted octanol–water partition coefficient (Wildman–Crippen LogP) is 9.53. The smallest absolute Gasteiger partial charge is 0.359 e. The maximum absolute atomic E-state index is 13.0. The Kier molecular flexibility index (Phi) is 13.8. The van der Waals surface area contributed by atoms with E-state index in [1.54, 1.807) is 31.9 Å². The normalized spacial score (nSPS) is 25.2. The predicted molar refractivity (Wildman–Crippen MR) is 246 cm³/mol. The van der Waals surface area contributed by atoms with Gasteiger partial charge in [-0.3, -0.25) is 0 Å². The van der Waals surface area contributed by atoms with Crippen molar-refractivity contribution < 1.29 is 38.5 Å². The lowest BCUT2D eigenvalue weighted by Gasteiger charge is -2.20. The molecular weight excluding hydrogens is 837 g/mol. The average Bonchev–Trinajstić information content (AvgIpc) is 4.15. The number of hydrogen-bond acceptors (Lipinski definition) is 9. The number of benzene rings is 2. The zero-order valence-corrected chi connectivity index (χ0v) is 38.8. The first-order chi connectivity index (χ1) is 31.8. The van der Waals surface area contributed by atoms with Crippen LogP contribution in [0.1, 0.15) is 153 Å². The number of carboxylic acids is 1. The largest absolute Gasteiger partial charge is 0.476 e. The van der Waals surface area contributed by atoms with Crippen LogP contribution < -0.4 is 0 Å². The molecule has 10 rings (SSSR count). The van der Waals surface area contributed by atoms with E-state index in [1.165, 1.54) is 96.6 Å². The zero-order valence-electron chi connectivity index (χ0n) is 38.8. The molecule has 4 aliphatic carbocycles. The number of carbonyl (C=O) groups excluding carboxylic acids is 3. The summed E-state index contributed by atoms with van der Waals surface area (Å²) in [5.41, 5.74) is 4.88. The molecule has 6 aliphatic rings. The van der Waals surface area contributed by atoms with Gasteiger partial charge in [0, 0.05) is 38.6 Å². The van der Waals surface area contributed by atoms with E-state index in [0.29, 0.717) is 63.1 Å². The third-order valence-electron chi connectivity index (χ3n) is 14.9. The van der Waals surface area contributed by atoms with Crippen LogP contribution in [0, 0.1) is 23.7 Å². The molecule has 0 radical (unpaired) electrons. The van der Waals surface area contributed by atoms with E-state index in [9.17, 15) is 19.2 Å². The minimum Gasteiger partial charge on any atom is -0.476 e. The van der Waals surface area contributed by atoms with Crippen LogP contribution in [0.3, 0.4) is 0 Å². The van der Waals surface area contributed by atoms with Crippen molar-refractivity contribution in [1.82, 2.24) is 29.4 Å². The number of aromatic carboxylic acids is 1. The second kappa shape index (κ2) is 19.9. The van der Waals surface area contributed by atoms with Gasteiger partial charge in [0.15, 0.2) is 11.4 Å². The quantitative estimate of drug-likeness (QED) is 0.152. The fourth-order valence-electron chi connectivity index (χ4n) is 11.6. The highest BCUT2D eigenvalue weighted by atomic mass is 16.6. The minimum atomic E-state index is -1.13. The lowest BCUT2D eigenvalue weighted by molar-refractivity contribution is 0.00619. The van der Waals surface area contributed by atoms with Gasteiger partial charge in [-0.15, -0.1) is 0 Å². The van der Waals surface area contributed by atoms with Crippen molar-refractivity contribution in [3.05, 3.63) is 107 Å². The molecule has 4 aromatic rings. The molecule has 2 unspecified atom stereocenters. The first kappa shape index (κ1) is 45.8. The van der Waals surface area contributed by atoms with Gasteiger partial charge in [-0.2, -0.15) is 19.6 Å². The van der Waals surface area contributed by atoms with E-state index in [2.05, 4.69) is 58.7 Å². The van der Waals surface area contributed by atoms with Gasteiger partial charge in [-0.05, 0) is 142 Å². The molecule has 0 bridgehead atoms. The minimum absolute atomic E-state index is 0.113. The molecule has 0 spiro atoms. The first-order valence-electron chi connectivity index (χ1n) is 24.4. The summed E-state index contributed by atoms with van der Waals surface area (Å²) in [6, 6.07) is 20.3. The Hall–Kier alpha value is -5.34. The standard InChI is InChI=1S/C28H37N3O4.C24H29N3O4/c1-28(2,3)35-26(32)25-11-12-31(29-25)27(33)30-16-22-14-24(15-23(22)17-30)34-18-19-7-6-10-21(13-19)20-8-4-5-9-20;28-23(29)22-8-9-27(25-22)24(30)26-13-19-11-21(12-20(19)14-26)31-15-16-4-3-7-18(10-16)17-5-1-2-6-17/h6-7,10-13,20,22-24H,4-5,8-9,14-18H2,1-3H3;3-4,7-10,17,19-21H,1-2,5-6,11-15H2,(H,28,29)/t22-,23+,24?;19-,20+,21?. The second-order valence-electron chi connectivity index (χ2n) is 20.8. The Morgan fingerprint density at radius 2 is 1.02 bits per heavy atom. The van der Waals surface area contributed by atoms with E-state index < -0.39 is 17.5 Å². The van der Waals surface area contributed by atoms with Crippen molar-refractivity contribution in [2.24, 2.45) is 23.7 Å². The number of esters is 1. The van der Waals surface area contributed by atoms with Gasteiger partial charge in [-0.1, -0.05) is 74.2 Å². The highest BCUT2D eigenvalue weighted by molar-refractivity contribution is 5.88. The van der Waals surface area contributed by atoms with Crippen LogP contribution in [0.5, 0.6) is 0 Å². The van der Waals surface area contributed by atoms with Crippen LogP contribution in [0.15, 0.2) is 73.1 Å². The number of amides is 2. The molecule has 14 nitrogen and oxygen atoms in total. The molecule has 2 amide bonds. The lowest BCUT2D eigenvalue weighted by atomic mass is 9.96. The van der Waals surface area contributed by atoms with Crippen LogP contribution in [0.2, 0.25) is 0 Å². The van der Waals surface area contributed by atoms with Crippen molar-refractivity contribution in [3.63, 3.8) is 0 Å². The lowest BCUT2D eigenvalue weighted by Crippen LogP contribution is -2.34. The summed E-state index contributed by atoms with van der Waals surface area (Å²) < 4.78 is 20.3. The van der Waals surface area contributed by atoms with Crippen molar-refractivity contribution >= 4 is 24.0 Å². The fourth-order valence-corrected chi connectivity index (χ4v) is 11.6. The Morgan fingerprint density at radius 3 is 1.41 bits per heavy atom. The van der Waals surface area contributed by atoms with Gasteiger partial charge in [0.25, 0.3) is 0 Å². The molecule has 2 aromatic carbocycles. The fraction of sp³-hybridized carbons (Fsp3) is 0.577. The Labute approximate surface area is 387 Å². The van der Waals surface area contributed by atoms with Gasteiger partial charge in [0.05, 0.1) is 25.4 Å². The Morgan fingerprint density at radius 1 is 0.606 bits per heavy atom. The summed E-state index contributed by atoms with van der Waals surface area (Å²) in [5, 5.41) is 17.0. The van der Waals surface area contributed by atoms with E-state index in [0.717, 1.165) is 42.2 Å². The number of rotatable bonds is 10. The molecule has 6 fully saturated rings. The number of aromatic nitrogens is 4. The summed E-state index contributed by atoms with van der Waals surface area (Å²) in [6.07, 6.45) is 18.0. The highest BCUT2D eigenvalue weighted by Gasteiger charge is 2.44. The summed E-state index contributed by atoms with van der Waals surface area (Å²) in [7, 11) is 0. The molecule has 2 aromatic heterocycles. The zero-order chi connectivity index (χ0) is 46.0. The maximum atomic E-state index is 13.0. The monoisotopic (exact) mass is 902 g/mol. The van der Waals surface area contributed by atoms with Gasteiger partial charge in [0.1, 0.15) is 5.60 Å².